The van der Waals surface area contributed by atoms with Gasteiger partial charge in [-0.2, -0.15) is 0 Å². The van der Waals surface area contributed by atoms with Gasteiger partial charge in [-0.25, -0.2) is 0 Å². The van der Waals surface area contributed by atoms with Crippen molar-refractivity contribution in [3.05, 3.63) is 59.4 Å². The highest BCUT2D eigenvalue weighted by Crippen LogP contribution is 2.23. The molecule has 1 atom stereocenters. The molecule has 1 heterocycles. The van der Waals surface area contributed by atoms with Crippen molar-refractivity contribution in [3.63, 3.8) is 0 Å². The lowest BCUT2D eigenvalue weighted by Gasteiger charge is -2.19. The topological polar surface area (TPSA) is 17.0 Å². The summed E-state index contributed by atoms with van der Waals surface area (Å²) in [6, 6.07) is 11.7. The molecule has 0 bridgehead atoms. The minimum atomic E-state index is 0.223. The molecule has 0 aliphatic carbocycles. The van der Waals surface area contributed by atoms with Crippen LogP contribution >= 0.6 is 0 Å². The molecule has 0 radical (unpaired) electrons. The third-order valence-electron chi connectivity index (χ3n) is 4.12. The maximum Gasteiger partial charge on any atom is 0.0470 e. The Bertz CT molecular complexity index is 554. The van der Waals surface area contributed by atoms with E-state index in [2.05, 4.69) is 80.3 Å². The zero-order valence-electron chi connectivity index (χ0n) is 14.0. The van der Waals surface area contributed by atoms with Gasteiger partial charge in [-0.1, -0.05) is 52.0 Å². The van der Waals surface area contributed by atoms with E-state index in [-0.39, 0.29) is 5.41 Å². The van der Waals surface area contributed by atoms with Crippen LogP contribution in [0.2, 0.25) is 0 Å². The molecule has 0 spiro atoms. The SMILES string of the molecule is CCC(NC)c1ccn(Cc2ccc(C(C)(C)C)cc2)c1. The number of nitrogens with one attached hydrogen (secondary N) is 1. The van der Waals surface area contributed by atoms with Crippen molar-refractivity contribution in [2.75, 3.05) is 7.05 Å². The van der Waals surface area contributed by atoms with Gasteiger partial charge in [-0.15, -0.1) is 0 Å². The van der Waals surface area contributed by atoms with E-state index < -0.39 is 0 Å². The first-order valence-electron chi connectivity index (χ1n) is 7.86. The zero-order valence-corrected chi connectivity index (χ0v) is 14.0. The van der Waals surface area contributed by atoms with Crippen molar-refractivity contribution in [1.82, 2.24) is 9.88 Å². The maximum atomic E-state index is 3.36. The minimum Gasteiger partial charge on any atom is -0.350 e. The molecule has 0 saturated heterocycles. The molecule has 1 unspecified atom stereocenters. The molecule has 0 saturated carbocycles. The summed E-state index contributed by atoms with van der Waals surface area (Å²) in [6.45, 7) is 9.91. The summed E-state index contributed by atoms with van der Waals surface area (Å²) < 4.78 is 2.27. The van der Waals surface area contributed by atoms with Crippen LogP contribution in [0.25, 0.3) is 0 Å². The molecule has 0 amide bonds. The van der Waals surface area contributed by atoms with E-state index in [9.17, 15) is 0 Å². The Labute approximate surface area is 129 Å². The van der Waals surface area contributed by atoms with Gasteiger partial charge in [0.25, 0.3) is 0 Å². The van der Waals surface area contributed by atoms with Gasteiger partial charge in [-0.05, 0) is 41.6 Å². The molecule has 0 aliphatic heterocycles. The van der Waals surface area contributed by atoms with Gasteiger partial charge in [0.05, 0.1) is 0 Å². The fraction of sp³-hybridized carbons (Fsp3) is 0.474. The van der Waals surface area contributed by atoms with Crippen LogP contribution in [0.4, 0.5) is 0 Å². The molecule has 1 aromatic heterocycles. The Hall–Kier alpha value is -1.54. The standard InChI is InChI=1S/C19H28N2/c1-6-18(20-5)16-11-12-21(14-16)13-15-7-9-17(10-8-15)19(2,3)4/h7-12,14,18,20H,6,13H2,1-5H3. The smallest absolute Gasteiger partial charge is 0.0470 e. The van der Waals surface area contributed by atoms with Crippen molar-refractivity contribution in [1.29, 1.82) is 0 Å². The first kappa shape index (κ1) is 15.8. The van der Waals surface area contributed by atoms with Crippen molar-refractivity contribution < 1.29 is 0 Å². The van der Waals surface area contributed by atoms with Gasteiger partial charge in [-0.3, -0.25) is 0 Å². The summed E-state index contributed by atoms with van der Waals surface area (Å²) in [5.41, 5.74) is 4.33. The summed E-state index contributed by atoms with van der Waals surface area (Å²) >= 11 is 0. The molecule has 2 rings (SSSR count). The second-order valence-corrected chi connectivity index (χ2v) is 6.81. The van der Waals surface area contributed by atoms with Crippen molar-refractivity contribution in [2.24, 2.45) is 0 Å². The number of nitrogens with zero attached hydrogens (tertiary/aromatic N) is 1. The molecular formula is C19H28N2. The molecule has 0 aliphatic rings. The predicted molar refractivity (Wildman–Crippen MR) is 90.8 cm³/mol. The highest BCUT2D eigenvalue weighted by molar-refractivity contribution is 5.28. The Morgan fingerprint density at radius 3 is 2.29 bits per heavy atom. The summed E-state index contributed by atoms with van der Waals surface area (Å²) in [6.07, 6.45) is 5.54. The average Bonchev–Trinajstić information content (AvgIpc) is 2.88. The lowest BCUT2D eigenvalue weighted by atomic mass is 9.87. The molecule has 0 fully saturated rings. The molecule has 2 nitrogen and oxygen atoms in total. The highest BCUT2D eigenvalue weighted by atomic mass is 14.9. The fourth-order valence-electron chi connectivity index (χ4n) is 2.69. The zero-order chi connectivity index (χ0) is 15.5. The van der Waals surface area contributed by atoms with E-state index in [1.54, 1.807) is 0 Å². The highest BCUT2D eigenvalue weighted by Gasteiger charge is 2.13. The average molecular weight is 284 g/mol. The Morgan fingerprint density at radius 1 is 1.10 bits per heavy atom. The van der Waals surface area contributed by atoms with Crippen molar-refractivity contribution in [2.45, 2.75) is 52.1 Å². The lowest BCUT2D eigenvalue weighted by Crippen LogP contribution is -2.14. The van der Waals surface area contributed by atoms with Gasteiger partial charge >= 0.3 is 0 Å². The second-order valence-electron chi connectivity index (χ2n) is 6.81. The lowest BCUT2D eigenvalue weighted by molar-refractivity contribution is 0.575. The summed E-state index contributed by atoms with van der Waals surface area (Å²) in [4.78, 5) is 0. The number of rotatable bonds is 5. The molecule has 1 aromatic carbocycles. The van der Waals surface area contributed by atoms with E-state index in [0.717, 1.165) is 13.0 Å². The molecule has 2 aromatic rings. The number of hydrogen-bond acceptors (Lipinski definition) is 1. The van der Waals surface area contributed by atoms with E-state index in [1.165, 1.54) is 16.7 Å². The largest absolute Gasteiger partial charge is 0.350 e. The van der Waals surface area contributed by atoms with Gasteiger partial charge in [0.15, 0.2) is 0 Å². The molecular weight excluding hydrogens is 256 g/mol. The van der Waals surface area contributed by atoms with Crippen LogP contribution < -0.4 is 5.32 Å². The molecule has 21 heavy (non-hydrogen) atoms. The first-order valence-corrected chi connectivity index (χ1v) is 7.86. The third kappa shape index (κ3) is 3.98. The first-order chi connectivity index (χ1) is 9.94. The number of aromatic nitrogens is 1. The molecule has 2 heteroatoms. The quantitative estimate of drug-likeness (QED) is 0.855. The van der Waals surface area contributed by atoms with Crippen LogP contribution in [-0.4, -0.2) is 11.6 Å². The van der Waals surface area contributed by atoms with Crippen LogP contribution in [0.3, 0.4) is 0 Å². The number of benzene rings is 1. The van der Waals surface area contributed by atoms with E-state index in [1.807, 2.05) is 7.05 Å². The van der Waals surface area contributed by atoms with E-state index in [0.29, 0.717) is 6.04 Å². The summed E-state index contributed by atoms with van der Waals surface area (Å²) in [5, 5.41) is 3.36. The van der Waals surface area contributed by atoms with Gasteiger partial charge in [0.1, 0.15) is 0 Å². The number of hydrogen-bond donors (Lipinski definition) is 1. The summed E-state index contributed by atoms with van der Waals surface area (Å²) in [5.74, 6) is 0. The Morgan fingerprint density at radius 2 is 1.76 bits per heavy atom. The van der Waals surface area contributed by atoms with Crippen molar-refractivity contribution >= 4 is 0 Å². The van der Waals surface area contributed by atoms with Crippen LogP contribution in [0.5, 0.6) is 0 Å². The fourth-order valence-corrected chi connectivity index (χ4v) is 2.69. The monoisotopic (exact) mass is 284 g/mol. The molecule has 114 valence electrons. The van der Waals surface area contributed by atoms with Crippen LogP contribution in [0.1, 0.15) is 56.8 Å². The summed E-state index contributed by atoms with van der Waals surface area (Å²) in [7, 11) is 2.02. The maximum absolute atomic E-state index is 3.36. The van der Waals surface area contributed by atoms with Crippen molar-refractivity contribution in [3.8, 4) is 0 Å². The van der Waals surface area contributed by atoms with E-state index in [4.69, 9.17) is 0 Å². The van der Waals surface area contributed by atoms with Crippen LogP contribution in [0.15, 0.2) is 42.7 Å². The Kier molecular flexibility index (Phi) is 4.89. The van der Waals surface area contributed by atoms with Crippen LogP contribution in [0, 0.1) is 0 Å². The van der Waals surface area contributed by atoms with E-state index >= 15 is 0 Å². The van der Waals surface area contributed by atoms with Gasteiger partial charge in [0.2, 0.25) is 0 Å². The van der Waals surface area contributed by atoms with Gasteiger partial charge < -0.3 is 9.88 Å². The predicted octanol–water partition coefficient (Wildman–Crippen LogP) is 4.50. The third-order valence-corrected chi connectivity index (χ3v) is 4.12. The normalized spacial score (nSPS) is 13.4. The van der Waals surface area contributed by atoms with Crippen LogP contribution in [-0.2, 0) is 12.0 Å². The second kappa shape index (κ2) is 6.48. The van der Waals surface area contributed by atoms with Gasteiger partial charge in [0, 0.05) is 25.0 Å². The molecule has 1 N–H and O–H groups in total. The Balaban J connectivity index is 2.08. The minimum absolute atomic E-state index is 0.223.